The highest BCUT2D eigenvalue weighted by molar-refractivity contribution is 7.54. The summed E-state index contributed by atoms with van der Waals surface area (Å²) in [4.78, 5) is 12.0. The summed E-state index contributed by atoms with van der Waals surface area (Å²) in [6, 6.07) is 0. The lowest BCUT2D eigenvalue weighted by Crippen LogP contribution is -2.09. The third-order valence-corrected chi connectivity index (χ3v) is 7.87. The first kappa shape index (κ1) is 30.8. The summed E-state index contributed by atoms with van der Waals surface area (Å²) in [5.41, 5.74) is 0. The minimum absolute atomic E-state index is 0.00160. The molecule has 5 heteroatoms. The maximum atomic E-state index is 12.4. The lowest BCUT2D eigenvalue weighted by molar-refractivity contribution is -0.117. The summed E-state index contributed by atoms with van der Waals surface area (Å²) in [6.07, 6.45) is 24.5. The van der Waals surface area contributed by atoms with Gasteiger partial charge in [-0.3, -0.25) is 9.36 Å². The van der Waals surface area contributed by atoms with Crippen molar-refractivity contribution in [2.45, 2.75) is 143 Å². The van der Waals surface area contributed by atoms with E-state index in [1.807, 2.05) is 0 Å². The number of ketones is 1. The van der Waals surface area contributed by atoms with Crippen molar-refractivity contribution in [3.63, 3.8) is 0 Å². The average molecular weight is 461 g/mol. The van der Waals surface area contributed by atoms with Gasteiger partial charge >= 0.3 is 7.60 Å². The summed E-state index contributed by atoms with van der Waals surface area (Å²) in [7, 11) is -3.22. The van der Waals surface area contributed by atoms with Crippen LogP contribution >= 0.6 is 7.60 Å². The number of unbranched alkanes of at least 4 members (excludes halogenated alkanes) is 17. The van der Waals surface area contributed by atoms with Crippen molar-refractivity contribution in [3.05, 3.63) is 0 Å². The molecular formula is C26H53O4P. The Hall–Kier alpha value is -0.180. The van der Waals surface area contributed by atoms with Gasteiger partial charge in [0.15, 0.2) is 0 Å². The first-order valence-electron chi connectivity index (χ1n) is 13.5. The van der Waals surface area contributed by atoms with Gasteiger partial charge in [-0.2, -0.15) is 0 Å². The Morgan fingerprint density at radius 2 is 0.871 bits per heavy atom. The van der Waals surface area contributed by atoms with Crippen LogP contribution in [-0.4, -0.2) is 25.2 Å². The van der Waals surface area contributed by atoms with Crippen LogP contribution in [0.2, 0.25) is 0 Å². The minimum Gasteiger partial charge on any atom is -0.309 e. The van der Waals surface area contributed by atoms with Gasteiger partial charge in [-0.25, -0.2) is 0 Å². The van der Waals surface area contributed by atoms with Crippen molar-refractivity contribution >= 4 is 13.4 Å². The zero-order valence-electron chi connectivity index (χ0n) is 21.1. The van der Waals surface area contributed by atoms with E-state index in [2.05, 4.69) is 6.92 Å². The maximum Gasteiger partial charge on any atom is 0.338 e. The molecule has 0 saturated heterocycles. The predicted octanol–water partition coefficient (Wildman–Crippen LogP) is 9.25. The van der Waals surface area contributed by atoms with Crippen LogP contribution in [0, 0.1) is 0 Å². The van der Waals surface area contributed by atoms with E-state index >= 15 is 0 Å². The highest BCUT2D eigenvalue weighted by Gasteiger charge is 2.26. The SMILES string of the molecule is CCCCCCCCCCCCCCCCCCCCC(=O)CP(=O)(OCC)OCC. The second kappa shape index (κ2) is 23.0. The molecule has 0 fully saturated rings. The number of Topliss-reactive ketones (excluding diaryl/α,β-unsaturated/α-hetero) is 1. The largest absolute Gasteiger partial charge is 0.338 e. The molecule has 0 aromatic heterocycles. The molecule has 0 aliphatic heterocycles. The molecule has 186 valence electrons. The molecule has 0 aromatic carbocycles. The van der Waals surface area contributed by atoms with Crippen molar-refractivity contribution in [2.75, 3.05) is 19.4 Å². The number of carbonyl (C=O) groups excluding carboxylic acids is 1. The van der Waals surface area contributed by atoms with Gasteiger partial charge in [-0.15, -0.1) is 0 Å². The Kier molecular flexibility index (Phi) is 22.9. The second-order valence-corrected chi connectivity index (χ2v) is 11.0. The number of carbonyl (C=O) groups is 1. The van der Waals surface area contributed by atoms with Crippen molar-refractivity contribution in [1.29, 1.82) is 0 Å². The molecule has 0 aromatic rings. The molecule has 0 amide bonds. The van der Waals surface area contributed by atoms with Gasteiger partial charge in [0.2, 0.25) is 0 Å². The molecule has 0 aliphatic carbocycles. The van der Waals surface area contributed by atoms with Crippen molar-refractivity contribution in [1.82, 2.24) is 0 Å². The zero-order valence-corrected chi connectivity index (χ0v) is 22.0. The second-order valence-electron chi connectivity index (χ2n) is 8.90. The van der Waals surface area contributed by atoms with E-state index in [-0.39, 0.29) is 11.9 Å². The standard InChI is InChI=1S/C26H53O4P/c1-4-7-8-9-10-11-12-13-14-15-16-17-18-19-20-21-22-23-24-26(27)25-31(28,29-5-2)30-6-3/h4-25H2,1-3H3. The van der Waals surface area contributed by atoms with Crippen LogP contribution in [0.25, 0.3) is 0 Å². The van der Waals surface area contributed by atoms with E-state index in [9.17, 15) is 9.36 Å². The molecule has 0 atom stereocenters. The van der Waals surface area contributed by atoms with E-state index in [1.165, 1.54) is 103 Å². The third kappa shape index (κ3) is 21.4. The molecule has 0 heterocycles. The Balaban J connectivity index is 3.36. The minimum atomic E-state index is -3.22. The third-order valence-electron chi connectivity index (χ3n) is 5.83. The Morgan fingerprint density at radius 1 is 0.548 bits per heavy atom. The molecule has 31 heavy (non-hydrogen) atoms. The van der Waals surface area contributed by atoms with Crippen LogP contribution in [0.3, 0.4) is 0 Å². The number of rotatable bonds is 25. The van der Waals surface area contributed by atoms with E-state index in [0.717, 1.165) is 12.8 Å². The first-order valence-corrected chi connectivity index (χ1v) is 15.2. The monoisotopic (exact) mass is 460 g/mol. The summed E-state index contributed by atoms with van der Waals surface area (Å²) in [5.74, 6) is 0.00160. The smallest absolute Gasteiger partial charge is 0.309 e. The van der Waals surface area contributed by atoms with Gasteiger partial charge in [0.1, 0.15) is 11.9 Å². The summed E-state index contributed by atoms with van der Waals surface area (Å²) >= 11 is 0. The van der Waals surface area contributed by atoms with E-state index in [0.29, 0.717) is 19.6 Å². The van der Waals surface area contributed by atoms with E-state index in [1.54, 1.807) is 13.8 Å². The van der Waals surface area contributed by atoms with Crippen LogP contribution in [-0.2, 0) is 18.4 Å². The summed E-state index contributed by atoms with van der Waals surface area (Å²) in [5, 5.41) is 0. The van der Waals surface area contributed by atoms with Gasteiger partial charge in [-0.05, 0) is 20.3 Å². The zero-order chi connectivity index (χ0) is 23.0. The van der Waals surface area contributed by atoms with Crippen LogP contribution in [0.15, 0.2) is 0 Å². The molecule has 0 spiro atoms. The molecule has 0 N–H and O–H groups in total. The van der Waals surface area contributed by atoms with Gasteiger partial charge < -0.3 is 9.05 Å². The lowest BCUT2D eigenvalue weighted by Gasteiger charge is -2.16. The Morgan fingerprint density at radius 3 is 1.19 bits per heavy atom. The van der Waals surface area contributed by atoms with Crippen molar-refractivity contribution in [2.24, 2.45) is 0 Å². The van der Waals surface area contributed by atoms with Crippen LogP contribution < -0.4 is 0 Å². The average Bonchev–Trinajstić information content (AvgIpc) is 2.73. The fourth-order valence-corrected chi connectivity index (χ4v) is 5.67. The predicted molar refractivity (Wildman–Crippen MR) is 134 cm³/mol. The molecule has 0 bridgehead atoms. The maximum absolute atomic E-state index is 12.4. The van der Waals surface area contributed by atoms with E-state index < -0.39 is 7.60 Å². The number of hydrogen-bond donors (Lipinski definition) is 0. The van der Waals surface area contributed by atoms with Crippen LogP contribution in [0.4, 0.5) is 0 Å². The highest BCUT2D eigenvalue weighted by Crippen LogP contribution is 2.48. The van der Waals surface area contributed by atoms with Gasteiger partial charge in [0, 0.05) is 6.42 Å². The molecule has 4 nitrogen and oxygen atoms in total. The van der Waals surface area contributed by atoms with Crippen molar-refractivity contribution in [3.8, 4) is 0 Å². The van der Waals surface area contributed by atoms with Gasteiger partial charge in [0.05, 0.1) is 13.2 Å². The van der Waals surface area contributed by atoms with Gasteiger partial charge in [0.25, 0.3) is 0 Å². The summed E-state index contributed by atoms with van der Waals surface area (Å²) in [6.45, 7) is 6.44. The highest BCUT2D eigenvalue weighted by atomic mass is 31.2. The quantitative estimate of drug-likeness (QED) is 0.101. The normalized spacial score (nSPS) is 11.8. The van der Waals surface area contributed by atoms with E-state index in [4.69, 9.17) is 9.05 Å². The fourth-order valence-electron chi connectivity index (χ4n) is 4.04. The van der Waals surface area contributed by atoms with Crippen molar-refractivity contribution < 1.29 is 18.4 Å². The lowest BCUT2D eigenvalue weighted by atomic mass is 10.0. The topological polar surface area (TPSA) is 52.6 Å². The number of hydrogen-bond acceptors (Lipinski definition) is 4. The molecule has 0 aliphatic rings. The molecular weight excluding hydrogens is 407 g/mol. The molecule has 0 radical (unpaired) electrons. The molecule has 0 unspecified atom stereocenters. The molecule has 0 rings (SSSR count). The van der Waals surface area contributed by atoms with Crippen LogP contribution in [0.5, 0.6) is 0 Å². The fraction of sp³-hybridized carbons (Fsp3) is 0.962. The van der Waals surface area contributed by atoms with Gasteiger partial charge in [-0.1, -0.05) is 116 Å². The van der Waals surface area contributed by atoms with Crippen LogP contribution in [0.1, 0.15) is 143 Å². The molecule has 0 saturated carbocycles. The Labute approximate surface area is 194 Å². The first-order chi connectivity index (χ1) is 15.1. The Bertz CT molecular complexity index is 429. The summed E-state index contributed by atoms with van der Waals surface area (Å²) < 4.78 is 22.7.